The Labute approximate surface area is 180 Å². The molecule has 1 saturated heterocycles. The average Bonchev–Trinajstić information content (AvgIpc) is 3.38. The fourth-order valence-electron chi connectivity index (χ4n) is 3.69. The Hall–Kier alpha value is -3.13. The maximum atomic E-state index is 13.3. The summed E-state index contributed by atoms with van der Waals surface area (Å²) in [5.74, 6) is 1.07. The zero-order valence-electron chi connectivity index (χ0n) is 17.0. The number of carbonyl (C=O) groups excluding carboxylic acids is 1. The number of sulfone groups is 1. The molecule has 3 aromatic rings. The molecule has 6 nitrogen and oxygen atoms in total. The van der Waals surface area contributed by atoms with Crippen molar-refractivity contribution in [2.75, 3.05) is 18.6 Å². The van der Waals surface area contributed by atoms with Crippen LogP contribution in [0.25, 0.3) is 11.3 Å². The number of nitrogens with zero attached hydrogens (tertiary/aromatic N) is 1. The number of carbonyl (C=O) groups is 1. The summed E-state index contributed by atoms with van der Waals surface area (Å²) in [6, 6.07) is 15.7. The molecule has 4 rings (SSSR count). The van der Waals surface area contributed by atoms with Crippen molar-refractivity contribution < 1.29 is 26.8 Å². The van der Waals surface area contributed by atoms with Crippen LogP contribution in [-0.2, 0) is 16.4 Å². The molecular weight excluding hydrogens is 421 g/mol. The highest BCUT2D eigenvalue weighted by molar-refractivity contribution is 7.91. The quantitative estimate of drug-likeness (QED) is 0.577. The largest absolute Gasteiger partial charge is 0.497 e. The number of furan rings is 1. The van der Waals surface area contributed by atoms with E-state index >= 15 is 0 Å². The molecule has 2 heterocycles. The van der Waals surface area contributed by atoms with E-state index in [0.717, 1.165) is 0 Å². The highest BCUT2D eigenvalue weighted by atomic mass is 32.2. The molecule has 31 heavy (non-hydrogen) atoms. The summed E-state index contributed by atoms with van der Waals surface area (Å²) in [6.45, 7) is 0.131. The van der Waals surface area contributed by atoms with Crippen LogP contribution in [0.4, 0.5) is 4.39 Å². The standard InChI is InChI=1S/C23H22FNO5S/c1-29-20-8-4-17(5-9-20)23(26)25(19-12-13-31(27,28)15-19)14-21-10-11-22(30-21)16-2-6-18(24)7-3-16/h2-11,19H,12-15H2,1H3/t19-/m1/s1. The lowest BCUT2D eigenvalue weighted by Crippen LogP contribution is -2.40. The second kappa shape index (κ2) is 8.55. The fraction of sp³-hybridized carbons (Fsp3) is 0.261. The van der Waals surface area contributed by atoms with Gasteiger partial charge in [-0.2, -0.15) is 0 Å². The van der Waals surface area contributed by atoms with Gasteiger partial charge in [0.1, 0.15) is 23.1 Å². The van der Waals surface area contributed by atoms with Gasteiger partial charge >= 0.3 is 0 Å². The Morgan fingerprint density at radius 3 is 2.42 bits per heavy atom. The van der Waals surface area contributed by atoms with Gasteiger partial charge in [0.25, 0.3) is 5.91 Å². The van der Waals surface area contributed by atoms with Crippen molar-refractivity contribution in [3.05, 3.63) is 77.8 Å². The second-order valence-corrected chi connectivity index (χ2v) is 9.72. The van der Waals surface area contributed by atoms with Crippen molar-refractivity contribution in [2.24, 2.45) is 0 Å². The number of hydrogen-bond acceptors (Lipinski definition) is 5. The molecule has 0 saturated carbocycles. The molecule has 0 radical (unpaired) electrons. The van der Waals surface area contributed by atoms with E-state index in [1.807, 2.05) is 0 Å². The zero-order chi connectivity index (χ0) is 22.0. The van der Waals surface area contributed by atoms with Crippen LogP contribution in [0.5, 0.6) is 5.75 Å². The summed E-state index contributed by atoms with van der Waals surface area (Å²) in [5, 5.41) is 0. The fourth-order valence-corrected chi connectivity index (χ4v) is 5.42. The average molecular weight is 443 g/mol. The number of methoxy groups -OCH3 is 1. The number of ether oxygens (including phenoxy) is 1. The Bertz CT molecular complexity index is 1170. The Morgan fingerprint density at radius 1 is 1.10 bits per heavy atom. The number of halogens is 1. The summed E-state index contributed by atoms with van der Waals surface area (Å²) in [7, 11) is -1.64. The van der Waals surface area contributed by atoms with E-state index in [4.69, 9.17) is 9.15 Å². The molecule has 0 spiro atoms. The molecule has 1 amide bonds. The van der Waals surface area contributed by atoms with Crippen LogP contribution in [0.1, 0.15) is 22.5 Å². The van der Waals surface area contributed by atoms with Crippen molar-refractivity contribution in [1.82, 2.24) is 4.90 Å². The lowest BCUT2D eigenvalue weighted by molar-refractivity contribution is 0.0666. The maximum Gasteiger partial charge on any atom is 0.254 e. The Kier molecular flexibility index (Phi) is 5.82. The number of amides is 1. The van der Waals surface area contributed by atoms with Crippen LogP contribution in [0.3, 0.4) is 0 Å². The van der Waals surface area contributed by atoms with Crippen molar-refractivity contribution in [1.29, 1.82) is 0 Å². The Morgan fingerprint density at radius 2 is 1.81 bits per heavy atom. The van der Waals surface area contributed by atoms with Crippen LogP contribution in [0, 0.1) is 5.82 Å². The van der Waals surface area contributed by atoms with Gasteiger partial charge < -0.3 is 14.1 Å². The van der Waals surface area contributed by atoms with Gasteiger partial charge in [0.2, 0.25) is 0 Å². The van der Waals surface area contributed by atoms with Crippen LogP contribution >= 0.6 is 0 Å². The number of benzene rings is 2. The van der Waals surface area contributed by atoms with Crippen molar-refractivity contribution in [3.63, 3.8) is 0 Å². The first-order valence-corrected chi connectivity index (χ1v) is 11.7. The molecule has 1 atom stereocenters. The zero-order valence-corrected chi connectivity index (χ0v) is 17.8. The van der Waals surface area contributed by atoms with Crippen LogP contribution < -0.4 is 4.74 Å². The van der Waals surface area contributed by atoms with Crippen molar-refractivity contribution in [3.8, 4) is 17.1 Å². The highest BCUT2D eigenvalue weighted by Crippen LogP contribution is 2.27. The molecule has 1 aliphatic heterocycles. The molecular formula is C23H22FNO5S. The number of hydrogen-bond donors (Lipinski definition) is 0. The van der Waals surface area contributed by atoms with E-state index in [1.54, 1.807) is 60.5 Å². The summed E-state index contributed by atoms with van der Waals surface area (Å²) in [4.78, 5) is 14.8. The van der Waals surface area contributed by atoms with Gasteiger partial charge in [0.05, 0.1) is 25.2 Å². The minimum atomic E-state index is -3.18. The minimum Gasteiger partial charge on any atom is -0.497 e. The first-order chi connectivity index (χ1) is 14.8. The molecule has 2 aromatic carbocycles. The van der Waals surface area contributed by atoms with E-state index in [9.17, 15) is 17.6 Å². The van der Waals surface area contributed by atoms with E-state index in [1.165, 1.54) is 12.1 Å². The van der Waals surface area contributed by atoms with Gasteiger partial charge in [-0.25, -0.2) is 12.8 Å². The van der Waals surface area contributed by atoms with E-state index in [2.05, 4.69) is 0 Å². The third-order valence-electron chi connectivity index (χ3n) is 5.36. The van der Waals surface area contributed by atoms with E-state index < -0.39 is 15.9 Å². The Balaban J connectivity index is 1.60. The number of rotatable bonds is 6. The molecule has 162 valence electrons. The van der Waals surface area contributed by atoms with E-state index in [0.29, 0.717) is 34.8 Å². The smallest absolute Gasteiger partial charge is 0.254 e. The monoisotopic (exact) mass is 443 g/mol. The van der Waals surface area contributed by atoms with E-state index in [-0.39, 0.29) is 29.8 Å². The van der Waals surface area contributed by atoms with Gasteiger partial charge in [-0.3, -0.25) is 4.79 Å². The molecule has 1 aliphatic rings. The molecule has 0 bridgehead atoms. The normalized spacial score (nSPS) is 17.4. The summed E-state index contributed by atoms with van der Waals surface area (Å²) < 4.78 is 48.3. The summed E-state index contributed by atoms with van der Waals surface area (Å²) in [5.41, 5.74) is 1.15. The first-order valence-electron chi connectivity index (χ1n) is 9.85. The topological polar surface area (TPSA) is 76.8 Å². The molecule has 1 fully saturated rings. The third kappa shape index (κ3) is 4.80. The van der Waals surface area contributed by atoms with Gasteiger partial charge in [-0.05, 0) is 67.1 Å². The van der Waals surface area contributed by atoms with Crippen molar-refractivity contribution in [2.45, 2.75) is 19.0 Å². The molecule has 1 aromatic heterocycles. The minimum absolute atomic E-state index is 0.0586. The second-order valence-electron chi connectivity index (χ2n) is 7.49. The predicted octanol–water partition coefficient (Wildman–Crippen LogP) is 3.92. The van der Waals surface area contributed by atoms with Gasteiger partial charge in [-0.15, -0.1) is 0 Å². The third-order valence-corrected chi connectivity index (χ3v) is 7.11. The predicted molar refractivity (Wildman–Crippen MR) is 114 cm³/mol. The van der Waals surface area contributed by atoms with Crippen molar-refractivity contribution >= 4 is 15.7 Å². The van der Waals surface area contributed by atoms with Crippen LogP contribution in [-0.4, -0.2) is 43.9 Å². The molecule has 0 aliphatic carbocycles. The van der Waals surface area contributed by atoms with Crippen LogP contribution in [0.2, 0.25) is 0 Å². The first kappa shape index (κ1) is 21.1. The van der Waals surface area contributed by atoms with Crippen LogP contribution in [0.15, 0.2) is 65.1 Å². The summed E-state index contributed by atoms with van der Waals surface area (Å²) >= 11 is 0. The summed E-state index contributed by atoms with van der Waals surface area (Å²) in [6.07, 6.45) is 0.385. The maximum absolute atomic E-state index is 13.3. The molecule has 8 heteroatoms. The lowest BCUT2D eigenvalue weighted by atomic mass is 10.1. The SMILES string of the molecule is COc1ccc(C(=O)N(Cc2ccc(-c3ccc(F)cc3)o2)[C@@H]2CCS(=O)(=O)C2)cc1. The molecule has 0 unspecified atom stereocenters. The molecule has 0 N–H and O–H groups in total. The lowest BCUT2D eigenvalue weighted by Gasteiger charge is -2.27. The van der Waals surface area contributed by atoms with Gasteiger partial charge in [-0.1, -0.05) is 0 Å². The highest BCUT2D eigenvalue weighted by Gasteiger charge is 2.35. The van der Waals surface area contributed by atoms with Gasteiger partial charge in [0, 0.05) is 17.2 Å². The van der Waals surface area contributed by atoms with Gasteiger partial charge in [0.15, 0.2) is 9.84 Å².